The number of halogens is 2. The number of aliphatic hydroxyl groups is 2. The van der Waals surface area contributed by atoms with Gasteiger partial charge in [0.1, 0.15) is 0 Å². The number of nitriles is 2. The minimum Gasteiger partial charge on any atom is -0.374 e. The van der Waals surface area contributed by atoms with E-state index in [9.17, 15) is 0 Å². The van der Waals surface area contributed by atoms with Gasteiger partial charge in [-0.1, -0.05) is 47.5 Å². The summed E-state index contributed by atoms with van der Waals surface area (Å²) in [5.41, 5.74) is 1.13. The molecule has 2 rings (SSSR count). The molecule has 6 heteroatoms. The first-order valence-corrected chi connectivity index (χ1v) is 6.89. The monoisotopic (exact) mass is 334 g/mol. The number of hydrogen-bond donors (Lipinski definition) is 2. The summed E-state index contributed by atoms with van der Waals surface area (Å²) in [6.45, 7) is 0. The lowest BCUT2D eigenvalue weighted by Gasteiger charge is -1.99. The van der Waals surface area contributed by atoms with Crippen LogP contribution in [0, 0.1) is 22.7 Å². The third-order valence-corrected chi connectivity index (χ3v) is 3.12. The van der Waals surface area contributed by atoms with E-state index >= 15 is 0 Å². The first kappa shape index (κ1) is 18.0. The molecule has 2 atom stereocenters. The molecule has 2 aromatic carbocycles. The molecule has 0 saturated heterocycles. The molecule has 2 aromatic rings. The number of hydrogen-bond acceptors (Lipinski definition) is 4. The highest BCUT2D eigenvalue weighted by atomic mass is 35.5. The Morgan fingerprint density at radius 1 is 0.682 bits per heavy atom. The normalized spacial score (nSPS) is 12.1. The van der Waals surface area contributed by atoms with Crippen molar-refractivity contribution in [2.24, 2.45) is 0 Å². The van der Waals surface area contributed by atoms with Crippen LogP contribution < -0.4 is 0 Å². The molecule has 0 amide bonds. The smallest absolute Gasteiger partial charge is 0.165 e. The largest absolute Gasteiger partial charge is 0.374 e. The van der Waals surface area contributed by atoms with E-state index in [4.69, 9.17) is 43.9 Å². The summed E-state index contributed by atoms with van der Waals surface area (Å²) in [5, 5.41) is 35.9. The van der Waals surface area contributed by atoms with Gasteiger partial charge in [-0.25, -0.2) is 0 Å². The lowest BCUT2D eigenvalue weighted by atomic mass is 10.1. The van der Waals surface area contributed by atoms with Gasteiger partial charge in [0.15, 0.2) is 12.2 Å². The zero-order chi connectivity index (χ0) is 16.5. The zero-order valence-electron chi connectivity index (χ0n) is 11.3. The molecular formula is C16H12Cl2N2O2. The molecule has 0 radical (unpaired) electrons. The lowest BCUT2D eigenvalue weighted by Crippen LogP contribution is -1.91. The van der Waals surface area contributed by atoms with Crippen LogP contribution in [0.25, 0.3) is 0 Å². The van der Waals surface area contributed by atoms with Crippen molar-refractivity contribution in [3.8, 4) is 12.1 Å². The van der Waals surface area contributed by atoms with Crippen molar-refractivity contribution >= 4 is 23.2 Å². The molecule has 0 aliphatic rings. The standard InChI is InChI=1S/2C8H6ClNO/c2*9-7-3-1-6(2-4-7)8(11)5-10/h2*1-4,8,11H. The summed E-state index contributed by atoms with van der Waals surface area (Å²) >= 11 is 11.2. The SMILES string of the molecule is N#CC(O)c1ccc(Cl)cc1.N#CC(O)c1ccc(Cl)cc1. The Labute approximate surface area is 138 Å². The molecule has 22 heavy (non-hydrogen) atoms. The van der Waals surface area contributed by atoms with Gasteiger partial charge in [-0.15, -0.1) is 0 Å². The van der Waals surface area contributed by atoms with Crippen LogP contribution >= 0.6 is 23.2 Å². The first-order valence-electron chi connectivity index (χ1n) is 6.14. The van der Waals surface area contributed by atoms with Gasteiger partial charge in [0.05, 0.1) is 12.1 Å². The van der Waals surface area contributed by atoms with Gasteiger partial charge in [0.2, 0.25) is 0 Å². The molecule has 0 aliphatic carbocycles. The molecule has 0 bridgehead atoms. The van der Waals surface area contributed by atoms with Gasteiger partial charge in [-0.05, 0) is 35.4 Å². The zero-order valence-corrected chi connectivity index (χ0v) is 12.8. The third-order valence-electron chi connectivity index (χ3n) is 2.62. The van der Waals surface area contributed by atoms with Crippen LogP contribution in [0.3, 0.4) is 0 Å². The van der Waals surface area contributed by atoms with Crippen LogP contribution in [-0.4, -0.2) is 10.2 Å². The van der Waals surface area contributed by atoms with Gasteiger partial charge in [0, 0.05) is 10.0 Å². The molecule has 0 fully saturated rings. The summed E-state index contributed by atoms with van der Waals surface area (Å²) in [7, 11) is 0. The van der Waals surface area contributed by atoms with E-state index < -0.39 is 12.2 Å². The summed E-state index contributed by atoms with van der Waals surface area (Å²) < 4.78 is 0. The van der Waals surface area contributed by atoms with Crippen molar-refractivity contribution in [1.29, 1.82) is 10.5 Å². The average Bonchev–Trinajstić information content (AvgIpc) is 2.55. The van der Waals surface area contributed by atoms with Gasteiger partial charge in [-0.2, -0.15) is 10.5 Å². The van der Waals surface area contributed by atoms with Gasteiger partial charge >= 0.3 is 0 Å². The number of benzene rings is 2. The number of nitrogens with zero attached hydrogens (tertiary/aromatic N) is 2. The minimum absolute atomic E-state index is 0.567. The molecule has 112 valence electrons. The topological polar surface area (TPSA) is 88.0 Å². The summed E-state index contributed by atoms with van der Waals surface area (Å²) in [4.78, 5) is 0. The van der Waals surface area contributed by atoms with Crippen molar-refractivity contribution in [2.45, 2.75) is 12.2 Å². The van der Waals surface area contributed by atoms with Crippen molar-refractivity contribution < 1.29 is 10.2 Å². The van der Waals surface area contributed by atoms with Crippen LogP contribution in [-0.2, 0) is 0 Å². The number of rotatable bonds is 2. The molecule has 2 N–H and O–H groups in total. The highest BCUT2D eigenvalue weighted by molar-refractivity contribution is 6.30. The fourth-order valence-corrected chi connectivity index (χ4v) is 1.69. The van der Waals surface area contributed by atoms with E-state index in [2.05, 4.69) is 0 Å². The first-order chi connectivity index (χ1) is 10.5. The predicted molar refractivity (Wildman–Crippen MR) is 84.0 cm³/mol. The summed E-state index contributed by atoms with van der Waals surface area (Å²) in [5.74, 6) is 0. The van der Waals surface area contributed by atoms with E-state index in [1.807, 2.05) is 0 Å². The maximum atomic E-state index is 9.02. The molecule has 0 aliphatic heterocycles. The van der Waals surface area contributed by atoms with E-state index in [0.717, 1.165) is 0 Å². The second-order valence-electron chi connectivity index (χ2n) is 4.17. The van der Waals surface area contributed by atoms with Crippen molar-refractivity contribution in [1.82, 2.24) is 0 Å². The van der Waals surface area contributed by atoms with Crippen molar-refractivity contribution in [3.63, 3.8) is 0 Å². The Hall–Kier alpha value is -2.08. The van der Waals surface area contributed by atoms with Crippen LogP contribution in [0.1, 0.15) is 23.3 Å². The molecular weight excluding hydrogens is 323 g/mol. The molecule has 4 nitrogen and oxygen atoms in total. The fraction of sp³-hybridized carbons (Fsp3) is 0.125. The fourth-order valence-electron chi connectivity index (χ4n) is 1.44. The van der Waals surface area contributed by atoms with Gasteiger partial charge in [-0.3, -0.25) is 0 Å². The van der Waals surface area contributed by atoms with Crippen LogP contribution in [0.2, 0.25) is 10.0 Å². The second kappa shape index (κ2) is 9.04. The van der Waals surface area contributed by atoms with Crippen LogP contribution in [0.15, 0.2) is 48.5 Å². The van der Waals surface area contributed by atoms with E-state index in [-0.39, 0.29) is 0 Å². The highest BCUT2D eigenvalue weighted by Crippen LogP contribution is 2.15. The molecule has 0 saturated carbocycles. The maximum Gasteiger partial charge on any atom is 0.165 e. The Morgan fingerprint density at radius 3 is 1.18 bits per heavy atom. The van der Waals surface area contributed by atoms with E-state index in [0.29, 0.717) is 21.2 Å². The van der Waals surface area contributed by atoms with E-state index in [1.54, 1.807) is 60.7 Å². The van der Waals surface area contributed by atoms with E-state index in [1.165, 1.54) is 0 Å². The molecule has 0 aromatic heterocycles. The Kier molecular flexibility index (Phi) is 7.39. The van der Waals surface area contributed by atoms with Gasteiger partial charge in [0.25, 0.3) is 0 Å². The Morgan fingerprint density at radius 2 is 0.955 bits per heavy atom. The summed E-state index contributed by atoms with van der Waals surface area (Å²) in [6, 6.07) is 16.5. The van der Waals surface area contributed by atoms with Crippen LogP contribution in [0.5, 0.6) is 0 Å². The highest BCUT2D eigenvalue weighted by Gasteiger charge is 2.04. The second-order valence-corrected chi connectivity index (χ2v) is 5.04. The third kappa shape index (κ3) is 5.73. The van der Waals surface area contributed by atoms with Crippen LogP contribution in [0.4, 0.5) is 0 Å². The Bertz CT molecular complexity index is 612. The van der Waals surface area contributed by atoms with Crippen molar-refractivity contribution in [2.75, 3.05) is 0 Å². The minimum atomic E-state index is -1.05. The van der Waals surface area contributed by atoms with Gasteiger partial charge < -0.3 is 10.2 Å². The quantitative estimate of drug-likeness (QED) is 0.817. The maximum absolute atomic E-state index is 9.02. The lowest BCUT2D eigenvalue weighted by molar-refractivity contribution is 0.235. The molecule has 0 spiro atoms. The molecule has 0 heterocycles. The molecule has 2 unspecified atom stereocenters. The number of aliphatic hydroxyl groups excluding tert-OH is 2. The van der Waals surface area contributed by atoms with Crippen molar-refractivity contribution in [3.05, 3.63) is 69.7 Å². The predicted octanol–water partition coefficient (Wildman–Crippen LogP) is 3.79. The Balaban J connectivity index is 0.000000220. The average molecular weight is 335 g/mol. The summed E-state index contributed by atoms with van der Waals surface area (Å²) in [6.07, 6.45) is -2.10.